The molecule has 0 saturated carbocycles. The van der Waals surface area contributed by atoms with Crippen LogP contribution >= 0.6 is 0 Å². The van der Waals surface area contributed by atoms with E-state index in [4.69, 9.17) is 9.90 Å². The first-order valence-electron chi connectivity index (χ1n) is 4.54. The molecule has 0 aliphatic rings. The van der Waals surface area contributed by atoms with Crippen LogP contribution in [0, 0.1) is 0 Å². The molecule has 1 atom stereocenters. The first-order chi connectivity index (χ1) is 6.12. The molecule has 0 aromatic carbocycles. The lowest BCUT2D eigenvalue weighted by atomic mass is 10.3. The molecule has 1 unspecified atom stereocenters. The van der Waals surface area contributed by atoms with Gasteiger partial charge >= 0.3 is 0 Å². The number of allylic oxidation sites excluding steroid dienone is 1. The van der Waals surface area contributed by atoms with E-state index < -0.39 is 14.0 Å². The normalized spacial score (nSPS) is 11.9. The molecule has 0 amide bonds. The van der Waals surface area contributed by atoms with Crippen molar-refractivity contribution in [1.82, 2.24) is 0 Å². The second kappa shape index (κ2) is 6.57. The van der Waals surface area contributed by atoms with Crippen molar-refractivity contribution in [3.05, 3.63) is 5.57 Å². The van der Waals surface area contributed by atoms with Gasteiger partial charge in [0.25, 0.3) is 5.97 Å². The van der Waals surface area contributed by atoms with Gasteiger partial charge in [-0.1, -0.05) is 26.6 Å². The lowest BCUT2D eigenvalue weighted by molar-refractivity contribution is -0.134. The molecular weight excluding hydrogens is 196 g/mol. The van der Waals surface area contributed by atoms with Gasteiger partial charge < -0.3 is 5.11 Å². The minimum atomic E-state index is -1.14. The summed E-state index contributed by atoms with van der Waals surface area (Å²) in [5.41, 5.74) is 1.34. The lowest BCUT2D eigenvalue weighted by Crippen LogP contribution is -2.26. The van der Waals surface area contributed by atoms with E-state index in [9.17, 15) is 4.79 Å². The van der Waals surface area contributed by atoms with Crippen LogP contribution in [0.15, 0.2) is 5.57 Å². The molecule has 0 aromatic heterocycles. The Kier molecular flexibility index (Phi) is 7.32. The van der Waals surface area contributed by atoms with Crippen LogP contribution in [-0.2, 0) is 9.59 Å². The van der Waals surface area contributed by atoms with E-state index in [0.717, 1.165) is 12.5 Å². The first-order valence-corrected chi connectivity index (χ1v) is 8.11. The Labute approximate surface area is 86.8 Å². The number of carbonyl (C=O) groups excluding carboxylic acids is 1. The average molecular weight is 216 g/mol. The topological polar surface area (TPSA) is 54.4 Å². The predicted molar refractivity (Wildman–Crippen MR) is 61.0 cm³/mol. The zero-order chi connectivity index (χ0) is 11.9. The maximum Gasteiger partial charge on any atom is 0.300 e. The van der Waals surface area contributed by atoms with Crippen molar-refractivity contribution in [1.29, 1.82) is 0 Å². The Hall–Kier alpha value is -0.863. The fourth-order valence-electron chi connectivity index (χ4n) is 0.738. The van der Waals surface area contributed by atoms with Crippen LogP contribution in [0.3, 0.4) is 0 Å². The zero-order valence-corrected chi connectivity index (χ0v) is 10.8. The molecule has 0 heterocycles. The highest BCUT2D eigenvalue weighted by Crippen LogP contribution is 2.26. The van der Waals surface area contributed by atoms with Crippen molar-refractivity contribution < 1.29 is 14.7 Å². The second-order valence-electron chi connectivity index (χ2n) is 4.39. The second-order valence-corrected chi connectivity index (χ2v) is 9.99. The summed E-state index contributed by atoms with van der Waals surface area (Å²) in [5, 5.41) is 7.42. The summed E-state index contributed by atoms with van der Waals surface area (Å²) in [4.78, 5) is 19.3. The van der Waals surface area contributed by atoms with E-state index in [1.54, 1.807) is 0 Å². The fraction of sp³-hybridized carbons (Fsp3) is 0.700. The lowest BCUT2D eigenvalue weighted by Gasteiger charge is -2.23. The molecular formula is C10H20O3Si. The van der Waals surface area contributed by atoms with E-state index in [1.807, 2.05) is 12.9 Å². The summed E-state index contributed by atoms with van der Waals surface area (Å²) in [6, 6.07) is 0. The van der Waals surface area contributed by atoms with Gasteiger partial charge in [0.2, 0.25) is 0 Å². The maximum absolute atomic E-state index is 10.3. The van der Waals surface area contributed by atoms with Gasteiger partial charge in [-0.3, -0.25) is 4.79 Å². The molecule has 3 nitrogen and oxygen atoms in total. The van der Waals surface area contributed by atoms with Gasteiger partial charge in [-0.15, -0.1) is 0 Å². The molecule has 0 aliphatic heterocycles. The van der Waals surface area contributed by atoms with Gasteiger partial charge in [0.05, 0.1) is 8.07 Å². The Morgan fingerprint density at radius 1 is 1.29 bits per heavy atom. The first kappa shape index (κ1) is 15.6. The SMILES string of the molecule is CC(=C=O)C(C)[Si](C)(C)C.CC(=O)O. The Morgan fingerprint density at radius 3 is 1.64 bits per heavy atom. The van der Waals surface area contributed by atoms with Crippen LogP contribution in [0.5, 0.6) is 0 Å². The third-order valence-electron chi connectivity index (χ3n) is 2.11. The standard InChI is InChI=1S/C8H16OSi.C2H4O2/c1-7(6-9)8(2)10(3,4)5;1-2(3)4/h8H,1-5H3;1H3,(H,3,4). The van der Waals surface area contributed by atoms with Gasteiger partial charge in [-0.25, -0.2) is 4.79 Å². The number of hydrogen-bond acceptors (Lipinski definition) is 2. The largest absolute Gasteiger partial charge is 0.481 e. The molecule has 0 bridgehead atoms. The van der Waals surface area contributed by atoms with E-state index >= 15 is 0 Å². The number of carboxylic acids is 1. The molecule has 0 spiro atoms. The minimum Gasteiger partial charge on any atom is -0.481 e. The number of hydrogen-bond donors (Lipinski definition) is 1. The van der Waals surface area contributed by atoms with Crippen LogP contribution in [-0.4, -0.2) is 25.1 Å². The summed E-state index contributed by atoms with van der Waals surface area (Å²) in [5.74, 6) is 1.14. The molecule has 14 heavy (non-hydrogen) atoms. The van der Waals surface area contributed by atoms with Crippen molar-refractivity contribution in [2.45, 2.75) is 46.0 Å². The van der Waals surface area contributed by atoms with Crippen molar-refractivity contribution in [2.24, 2.45) is 0 Å². The van der Waals surface area contributed by atoms with Crippen LogP contribution in [0.1, 0.15) is 20.8 Å². The van der Waals surface area contributed by atoms with E-state index in [-0.39, 0.29) is 0 Å². The third kappa shape index (κ3) is 9.23. The van der Waals surface area contributed by atoms with Crippen molar-refractivity contribution in [3.8, 4) is 0 Å². The molecule has 0 aliphatic carbocycles. The van der Waals surface area contributed by atoms with Crippen LogP contribution in [0.4, 0.5) is 0 Å². The summed E-state index contributed by atoms with van der Waals surface area (Å²) in [7, 11) is -1.14. The fourth-order valence-corrected chi connectivity index (χ4v) is 2.10. The van der Waals surface area contributed by atoms with E-state index in [0.29, 0.717) is 5.54 Å². The monoisotopic (exact) mass is 216 g/mol. The predicted octanol–water partition coefficient (Wildman–Crippen LogP) is 2.58. The number of carboxylic acid groups (broad SMARTS) is 1. The summed E-state index contributed by atoms with van der Waals surface area (Å²) >= 11 is 0. The Balaban J connectivity index is 0. The highest BCUT2D eigenvalue weighted by atomic mass is 28.3. The molecule has 4 heteroatoms. The summed E-state index contributed by atoms with van der Waals surface area (Å²) < 4.78 is 0. The zero-order valence-electron chi connectivity index (χ0n) is 9.84. The van der Waals surface area contributed by atoms with Gasteiger partial charge in [-0.05, 0) is 12.5 Å². The van der Waals surface area contributed by atoms with Gasteiger partial charge in [0, 0.05) is 12.5 Å². The van der Waals surface area contributed by atoms with Gasteiger partial charge in [-0.2, -0.15) is 0 Å². The van der Waals surface area contributed by atoms with Gasteiger partial charge in [0.15, 0.2) is 0 Å². The van der Waals surface area contributed by atoms with Crippen molar-refractivity contribution >= 4 is 20.0 Å². The summed E-state index contributed by atoms with van der Waals surface area (Å²) in [6.07, 6.45) is 0. The van der Waals surface area contributed by atoms with E-state index in [2.05, 4.69) is 26.6 Å². The van der Waals surface area contributed by atoms with Gasteiger partial charge in [0.1, 0.15) is 5.94 Å². The third-order valence-corrected chi connectivity index (χ3v) is 5.14. The number of rotatable bonds is 2. The van der Waals surface area contributed by atoms with Crippen LogP contribution < -0.4 is 0 Å². The number of aliphatic carboxylic acids is 1. The highest BCUT2D eigenvalue weighted by molar-refractivity contribution is 6.78. The minimum absolute atomic E-state index is 0.463. The molecule has 0 aromatic rings. The quantitative estimate of drug-likeness (QED) is 0.570. The summed E-state index contributed by atoms with van der Waals surface area (Å²) in [6.45, 7) is 11.9. The maximum atomic E-state index is 10.3. The number of carbonyl (C=O) groups is 1. The molecule has 82 valence electrons. The molecule has 0 radical (unpaired) electrons. The smallest absolute Gasteiger partial charge is 0.300 e. The van der Waals surface area contributed by atoms with Crippen LogP contribution in [0.2, 0.25) is 25.2 Å². The van der Waals surface area contributed by atoms with Crippen molar-refractivity contribution in [3.63, 3.8) is 0 Å². The molecule has 1 N–H and O–H groups in total. The average Bonchev–Trinajstić information content (AvgIpc) is 1.99. The van der Waals surface area contributed by atoms with Crippen molar-refractivity contribution in [2.75, 3.05) is 0 Å². The molecule has 0 rings (SSSR count). The Morgan fingerprint density at radius 2 is 1.57 bits per heavy atom. The molecule has 0 saturated heterocycles. The Bertz CT molecular complexity index is 230. The van der Waals surface area contributed by atoms with E-state index in [1.165, 1.54) is 0 Å². The molecule has 0 fully saturated rings. The highest BCUT2D eigenvalue weighted by Gasteiger charge is 2.23. The van der Waals surface area contributed by atoms with Crippen LogP contribution in [0.25, 0.3) is 0 Å².